The van der Waals surface area contributed by atoms with Gasteiger partial charge in [-0.05, 0) is 57.9 Å². The maximum atomic E-state index is 12.5. The van der Waals surface area contributed by atoms with Crippen molar-refractivity contribution in [1.29, 1.82) is 0 Å². The summed E-state index contributed by atoms with van der Waals surface area (Å²) in [5, 5.41) is 3.17. The van der Waals surface area contributed by atoms with E-state index < -0.39 is 0 Å². The first-order chi connectivity index (χ1) is 11.6. The second-order valence-corrected chi connectivity index (χ2v) is 6.69. The summed E-state index contributed by atoms with van der Waals surface area (Å²) in [5.41, 5.74) is 4.11. The van der Waals surface area contributed by atoms with E-state index in [1.807, 2.05) is 32.0 Å². The smallest absolute Gasteiger partial charge is 0.251 e. The van der Waals surface area contributed by atoms with Crippen LogP contribution in [0.5, 0.6) is 0 Å². The average molecular weight is 326 g/mol. The van der Waals surface area contributed by atoms with Crippen molar-refractivity contribution in [3.8, 4) is 0 Å². The van der Waals surface area contributed by atoms with Gasteiger partial charge >= 0.3 is 0 Å². The van der Waals surface area contributed by atoms with Crippen molar-refractivity contribution < 1.29 is 4.79 Å². The molecular weight excluding hydrogens is 300 g/mol. The first kappa shape index (κ1) is 16.8. The third kappa shape index (κ3) is 3.73. The van der Waals surface area contributed by atoms with Gasteiger partial charge < -0.3 is 10.2 Å². The fourth-order valence-electron chi connectivity index (χ4n) is 3.26. The Morgan fingerprint density at radius 2 is 1.83 bits per heavy atom. The second-order valence-electron chi connectivity index (χ2n) is 6.69. The van der Waals surface area contributed by atoms with E-state index in [-0.39, 0.29) is 11.9 Å². The van der Waals surface area contributed by atoms with Gasteiger partial charge in [0, 0.05) is 24.7 Å². The van der Waals surface area contributed by atoms with Gasteiger partial charge in [0.25, 0.3) is 5.91 Å². The van der Waals surface area contributed by atoms with Crippen molar-refractivity contribution in [2.45, 2.75) is 46.1 Å². The predicted molar refractivity (Wildman–Crippen MR) is 96.2 cm³/mol. The Kier molecular flexibility index (Phi) is 5.09. The number of aromatic nitrogens is 2. The van der Waals surface area contributed by atoms with E-state index in [0.29, 0.717) is 5.56 Å². The molecule has 3 rings (SSSR count). The van der Waals surface area contributed by atoms with Crippen LogP contribution >= 0.6 is 0 Å². The fraction of sp³-hybridized carbons (Fsp3) is 0.526. The topological polar surface area (TPSA) is 58.1 Å². The lowest BCUT2D eigenvalue weighted by molar-refractivity contribution is 0.0911. The van der Waals surface area contributed by atoms with E-state index >= 15 is 0 Å². The molecule has 0 spiro atoms. The number of carbonyl (C=O) groups excluding carboxylic acids is 1. The van der Waals surface area contributed by atoms with E-state index in [9.17, 15) is 4.79 Å². The lowest BCUT2D eigenvalue weighted by Crippen LogP contribution is -2.44. The summed E-state index contributed by atoms with van der Waals surface area (Å²) in [6.45, 7) is 9.40. The Labute approximate surface area is 143 Å². The number of nitrogens with one attached hydrogen (secondary N) is 1. The minimum atomic E-state index is -0.00845. The number of rotatable bonds is 4. The van der Waals surface area contributed by atoms with Crippen molar-refractivity contribution >= 4 is 16.9 Å². The zero-order valence-electron chi connectivity index (χ0n) is 14.8. The molecule has 0 aliphatic carbocycles. The molecule has 1 aromatic carbocycles. The summed E-state index contributed by atoms with van der Waals surface area (Å²) in [6, 6.07) is 5.84. The zero-order valence-corrected chi connectivity index (χ0v) is 14.8. The van der Waals surface area contributed by atoms with Crippen LogP contribution in [0, 0.1) is 13.8 Å². The molecule has 1 fully saturated rings. The van der Waals surface area contributed by atoms with Gasteiger partial charge in [0.2, 0.25) is 0 Å². The highest BCUT2D eigenvalue weighted by molar-refractivity contribution is 5.97. The van der Waals surface area contributed by atoms with Crippen LogP contribution in [0.1, 0.15) is 47.9 Å². The monoisotopic (exact) mass is 326 g/mol. The zero-order chi connectivity index (χ0) is 17.1. The summed E-state index contributed by atoms with van der Waals surface area (Å²) in [4.78, 5) is 24.1. The van der Waals surface area contributed by atoms with Crippen molar-refractivity contribution in [3.63, 3.8) is 0 Å². The number of nitrogens with zero attached hydrogens (tertiary/aromatic N) is 3. The molecule has 5 nitrogen and oxygen atoms in total. The largest absolute Gasteiger partial charge is 0.349 e. The first-order valence-electron chi connectivity index (χ1n) is 8.85. The third-order valence-electron chi connectivity index (χ3n) is 4.80. The van der Waals surface area contributed by atoms with Crippen molar-refractivity contribution in [1.82, 2.24) is 20.2 Å². The van der Waals surface area contributed by atoms with Crippen LogP contribution in [0.25, 0.3) is 11.0 Å². The van der Waals surface area contributed by atoms with Crippen LogP contribution in [0.15, 0.2) is 18.2 Å². The SMILES string of the molecule is CCCN1CCC(NC(=O)c2ccc3nc(C)c(C)nc3c2)CC1. The van der Waals surface area contributed by atoms with Crippen LogP contribution in [-0.4, -0.2) is 46.5 Å². The van der Waals surface area contributed by atoms with Gasteiger partial charge in [0.1, 0.15) is 0 Å². The molecule has 5 heteroatoms. The van der Waals surface area contributed by atoms with E-state index in [2.05, 4.69) is 27.1 Å². The van der Waals surface area contributed by atoms with Gasteiger partial charge in [-0.1, -0.05) is 6.92 Å². The molecule has 2 aromatic rings. The Morgan fingerprint density at radius 3 is 2.50 bits per heavy atom. The van der Waals surface area contributed by atoms with Gasteiger partial charge in [-0.25, -0.2) is 9.97 Å². The number of fused-ring (bicyclic) bond motifs is 1. The van der Waals surface area contributed by atoms with Gasteiger partial charge in [-0.3, -0.25) is 4.79 Å². The van der Waals surface area contributed by atoms with Crippen LogP contribution in [-0.2, 0) is 0 Å². The number of hydrogen-bond donors (Lipinski definition) is 1. The van der Waals surface area contributed by atoms with E-state index in [1.165, 1.54) is 6.42 Å². The van der Waals surface area contributed by atoms with E-state index in [1.54, 1.807) is 0 Å². The highest BCUT2D eigenvalue weighted by Gasteiger charge is 2.20. The normalized spacial score (nSPS) is 16.5. The summed E-state index contributed by atoms with van der Waals surface area (Å²) >= 11 is 0. The van der Waals surface area contributed by atoms with E-state index in [0.717, 1.165) is 54.9 Å². The Hall–Kier alpha value is -2.01. The molecule has 1 saturated heterocycles. The second kappa shape index (κ2) is 7.26. The first-order valence-corrected chi connectivity index (χ1v) is 8.85. The van der Waals surface area contributed by atoms with Gasteiger partial charge in [0.15, 0.2) is 0 Å². The van der Waals surface area contributed by atoms with Crippen LogP contribution in [0.2, 0.25) is 0 Å². The standard InChI is InChI=1S/C19H26N4O/c1-4-9-23-10-7-16(8-11-23)22-19(24)15-5-6-17-18(12-15)21-14(3)13(2)20-17/h5-6,12,16H,4,7-11H2,1-3H3,(H,22,24). The lowest BCUT2D eigenvalue weighted by Gasteiger charge is -2.32. The minimum absolute atomic E-state index is 0.00845. The van der Waals surface area contributed by atoms with Gasteiger partial charge in [-0.15, -0.1) is 0 Å². The van der Waals surface area contributed by atoms with Crippen LogP contribution in [0.3, 0.4) is 0 Å². The number of carbonyl (C=O) groups is 1. The maximum absolute atomic E-state index is 12.5. The molecule has 1 N–H and O–H groups in total. The molecule has 1 aromatic heterocycles. The molecule has 24 heavy (non-hydrogen) atoms. The molecule has 1 aliphatic rings. The number of piperidine rings is 1. The molecule has 0 bridgehead atoms. The molecular formula is C19H26N4O. The molecule has 0 saturated carbocycles. The lowest BCUT2D eigenvalue weighted by atomic mass is 10.0. The molecule has 2 heterocycles. The molecule has 0 radical (unpaired) electrons. The number of aryl methyl sites for hydroxylation is 2. The molecule has 0 atom stereocenters. The minimum Gasteiger partial charge on any atom is -0.349 e. The molecule has 1 amide bonds. The van der Waals surface area contributed by atoms with Gasteiger partial charge in [-0.2, -0.15) is 0 Å². The number of hydrogen-bond acceptors (Lipinski definition) is 4. The van der Waals surface area contributed by atoms with Gasteiger partial charge in [0.05, 0.1) is 22.4 Å². The molecule has 128 valence electrons. The fourth-order valence-corrected chi connectivity index (χ4v) is 3.26. The number of benzene rings is 1. The van der Waals surface area contributed by atoms with Crippen LogP contribution < -0.4 is 5.32 Å². The van der Waals surface area contributed by atoms with Crippen molar-refractivity contribution in [2.75, 3.05) is 19.6 Å². The van der Waals surface area contributed by atoms with E-state index in [4.69, 9.17) is 0 Å². The quantitative estimate of drug-likeness (QED) is 0.938. The van der Waals surface area contributed by atoms with Crippen LogP contribution in [0.4, 0.5) is 0 Å². The Bertz CT molecular complexity index is 735. The molecule has 1 aliphatic heterocycles. The maximum Gasteiger partial charge on any atom is 0.251 e. The number of amides is 1. The van der Waals surface area contributed by atoms with Crippen molar-refractivity contribution in [2.24, 2.45) is 0 Å². The summed E-state index contributed by atoms with van der Waals surface area (Å²) in [5.74, 6) is -0.00845. The Morgan fingerprint density at radius 1 is 1.17 bits per heavy atom. The average Bonchev–Trinajstić information content (AvgIpc) is 2.57. The third-order valence-corrected chi connectivity index (χ3v) is 4.80. The summed E-state index contributed by atoms with van der Waals surface area (Å²) in [6.07, 6.45) is 3.24. The number of likely N-dealkylation sites (tertiary alicyclic amines) is 1. The predicted octanol–water partition coefficient (Wildman–Crippen LogP) is 2.85. The highest BCUT2D eigenvalue weighted by Crippen LogP contribution is 2.16. The highest BCUT2D eigenvalue weighted by atomic mass is 16.1. The molecule has 0 unspecified atom stereocenters. The summed E-state index contributed by atoms with van der Waals surface area (Å²) < 4.78 is 0. The summed E-state index contributed by atoms with van der Waals surface area (Å²) in [7, 11) is 0. The Balaban J connectivity index is 1.67. The van der Waals surface area contributed by atoms with Crippen molar-refractivity contribution in [3.05, 3.63) is 35.2 Å².